The molecule has 0 spiro atoms. The normalized spacial score (nSPS) is 13.8. The molecule has 2 rings (SSSR count). The van der Waals surface area contributed by atoms with Crippen LogP contribution in [0, 0.1) is 0 Å². The van der Waals surface area contributed by atoms with Crippen LogP contribution in [0.3, 0.4) is 0 Å². The van der Waals surface area contributed by atoms with Crippen molar-refractivity contribution in [1.82, 2.24) is 19.5 Å². The second-order valence-electron chi connectivity index (χ2n) is 4.93. The summed E-state index contributed by atoms with van der Waals surface area (Å²) >= 11 is 0. The molecule has 0 saturated heterocycles. The van der Waals surface area contributed by atoms with E-state index < -0.39 is 7.14 Å². The molecular formula is C13H21N4O2P. The maximum Gasteiger partial charge on any atom is 0.163 e. The van der Waals surface area contributed by atoms with E-state index in [2.05, 4.69) is 15.0 Å². The molecule has 0 aliphatic carbocycles. The molecule has 0 aromatic carbocycles. The van der Waals surface area contributed by atoms with Gasteiger partial charge >= 0.3 is 0 Å². The topological polar surface area (TPSA) is 69.9 Å². The lowest BCUT2D eigenvalue weighted by molar-refractivity contribution is 0.0866. The fourth-order valence-corrected chi connectivity index (χ4v) is 3.29. The van der Waals surface area contributed by atoms with Crippen molar-refractivity contribution in [2.45, 2.75) is 33.4 Å². The first-order chi connectivity index (χ1) is 9.58. The SMILES string of the molecule is CCP(=O)(CC)CO[C@H](C)Cn1cnc2cncnc21. The van der Waals surface area contributed by atoms with Crippen LogP contribution in [0.4, 0.5) is 0 Å². The summed E-state index contributed by atoms with van der Waals surface area (Å²) in [6, 6.07) is 0. The molecule has 0 bridgehead atoms. The molecule has 0 saturated carbocycles. The highest BCUT2D eigenvalue weighted by Gasteiger charge is 2.19. The van der Waals surface area contributed by atoms with Gasteiger partial charge in [0.15, 0.2) is 5.65 Å². The van der Waals surface area contributed by atoms with Gasteiger partial charge in [0, 0.05) is 12.3 Å². The Balaban J connectivity index is 1.98. The summed E-state index contributed by atoms with van der Waals surface area (Å²) < 4.78 is 20.0. The van der Waals surface area contributed by atoms with Crippen molar-refractivity contribution in [3.05, 3.63) is 18.9 Å². The maximum absolute atomic E-state index is 12.3. The Kier molecular flexibility index (Phi) is 4.89. The van der Waals surface area contributed by atoms with E-state index in [9.17, 15) is 4.57 Å². The van der Waals surface area contributed by atoms with Crippen molar-refractivity contribution in [2.24, 2.45) is 0 Å². The van der Waals surface area contributed by atoms with Crippen LogP contribution < -0.4 is 0 Å². The Morgan fingerprint density at radius 2 is 2.10 bits per heavy atom. The Morgan fingerprint density at radius 3 is 2.80 bits per heavy atom. The Labute approximate surface area is 119 Å². The lowest BCUT2D eigenvalue weighted by atomic mass is 10.4. The highest BCUT2D eigenvalue weighted by Crippen LogP contribution is 2.44. The van der Waals surface area contributed by atoms with Gasteiger partial charge in [0.25, 0.3) is 0 Å². The monoisotopic (exact) mass is 296 g/mol. The average Bonchev–Trinajstić information content (AvgIpc) is 2.88. The molecule has 2 heterocycles. The molecular weight excluding hydrogens is 275 g/mol. The van der Waals surface area contributed by atoms with Gasteiger partial charge in [0.2, 0.25) is 0 Å². The number of aromatic nitrogens is 4. The summed E-state index contributed by atoms with van der Waals surface area (Å²) in [6.07, 6.45) is 6.63. The van der Waals surface area contributed by atoms with Crippen LogP contribution in [0.2, 0.25) is 0 Å². The highest BCUT2D eigenvalue weighted by molar-refractivity contribution is 7.63. The molecule has 110 valence electrons. The van der Waals surface area contributed by atoms with Crippen LogP contribution in [-0.2, 0) is 15.8 Å². The predicted octanol–water partition coefficient (Wildman–Crippen LogP) is 2.59. The molecule has 0 unspecified atom stereocenters. The first-order valence-corrected chi connectivity index (χ1v) is 9.13. The van der Waals surface area contributed by atoms with E-state index in [0.29, 0.717) is 25.2 Å². The lowest BCUT2D eigenvalue weighted by Gasteiger charge is -2.19. The quantitative estimate of drug-likeness (QED) is 0.734. The third-order valence-corrected chi connectivity index (χ3v) is 6.41. The Bertz CT molecular complexity index is 605. The van der Waals surface area contributed by atoms with Crippen molar-refractivity contribution in [2.75, 3.05) is 18.7 Å². The number of hydrogen-bond donors (Lipinski definition) is 0. The van der Waals surface area contributed by atoms with Crippen LogP contribution in [0.25, 0.3) is 11.2 Å². The molecule has 0 fully saturated rings. The molecule has 0 aliphatic heterocycles. The lowest BCUT2D eigenvalue weighted by Crippen LogP contribution is -2.17. The number of ether oxygens (including phenoxy) is 1. The summed E-state index contributed by atoms with van der Waals surface area (Å²) in [4.78, 5) is 12.4. The molecule has 6 nitrogen and oxygen atoms in total. The van der Waals surface area contributed by atoms with E-state index in [4.69, 9.17) is 4.74 Å². The van der Waals surface area contributed by atoms with Crippen LogP contribution >= 0.6 is 7.14 Å². The summed E-state index contributed by atoms with van der Waals surface area (Å²) in [5.41, 5.74) is 1.57. The Morgan fingerprint density at radius 1 is 1.35 bits per heavy atom. The molecule has 20 heavy (non-hydrogen) atoms. The minimum atomic E-state index is -2.15. The van der Waals surface area contributed by atoms with Crippen LogP contribution in [0.1, 0.15) is 20.8 Å². The van der Waals surface area contributed by atoms with Crippen molar-refractivity contribution in [3.8, 4) is 0 Å². The molecule has 0 amide bonds. The van der Waals surface area contributed by atoms with Gasteiger partial charge in [-0.25, -0.2) is 15.0 Å². The van der Waals surface area contributed by atoms with E-state index in [1.807, 2.05) is 25.3 Å². The smallest absolute Gasteiger partial charge is 0.163 e. The average molecular weight is 296 g/mol. The van der Waals surface area contributed by atoms with Crippen molar-refractivity contribution >= 4 is 18.3 Å². The van der Waals surface area contributed by atoms with Crippen molar-refractivity contribution in [3.63, 3.8) is 0 Å². The Hall–Kier alpha value is -1.26. The molecule has 2 aromatic heterocycles. The zero-order chi connectivity index (χ0) is 14.6. The molecule has 0 N–H and O–H groups in total. The third-order valence-electron chi connectivity index (χ3n) is 3.48. The van der Waals surface area contributed by atoms with Crippen LogP contribution in [0.5, 0.6) is 0 Å². The second-order valence-corrected chi connectivity index (χ2v) is 8.56. The number of hydrogen-bond acceptors (Lipinski definition) is 5. The van der Waals surface area contributed by atoms with Gasteiger partial charge in [-0.2, -0.15) is 0 Å². The summed E-state index contributed by atoms with van der Waals surface area (Å²) in [5, 5.41) is 0. The zero-order valence-electron chi connectivity index (χ0n) is 12.2. The van der Waals surface area contributed by atoms with Crippen LogP contribution in [-0.4, -0.2) is 44.3 Å². The van der Waals surface area contributed by atoms with E-state index in [-0.39, 0.29) is 6.10 Å². The molecule has 1 atom stereocenters. The van der Waals surface area contributed by atoms with E-state index >= 15 is 0 Å². The molecule has 2 aromatic rings. The predicted molar refractivity (Wildman–Crippen MR) is 79.4 cm³/mol. The molecule has 7 heteroatoms. The fourth-order valence-electron chi connectivity index (χ4n) is 1.95. The van der Waals surface area contributed by atoms with Gasteiger partial charge in [0.1, 0.15) is 25.3 Å². The van der Waals surface area contributed by atoms with Gasteiger partial charge in [-0.05, 0) is 6.92 Å². The van der Waals surface area contributed by atoms with Gasteiger partial charge in [-0.15, -0.1) is 0 Å². The summed E-state index contributed by atoms with van der Waals surface area (Å²) in [5.74, 6) is 0. The zero-order valence-corrected chi connectivity index (χ0v) is 13.1. The van der Waals surface area contributed by atoms with Gasteiger partial charge in [-0.1, -0.05) is 13.8 Å². The standard InChI is InChI=1S/C13H21N4O2P/c1-4-20(18,5-2)10-19-11(3)7-17-9-16-12-6-14-8-15-13(12)17/h6,8-9,11H,4-5,7,10H2,1-3H3/t11-/m1/s1. The first kappa shape index (κ1) is 15.1. The molecule has 0 radical (unpaired) electrons. The second kappa shape index (κ2) is 6.46. The fraction of sp³-hybridized carbons (Fsp3) is 0.615. The minimum absolute atomic E-state index is 0.0335. The van der Waals surface area contributed by atoms with Gasteiger partial charge in [0.05, 0.1) is 25.2 Å². The first-order valence-electron chi connectivity index (χ1n) is 6.87. The van der Waals surface area contributed by atoms with Crippen molar-refractivity contribution < 1.29 is 9.30 Å². The van der Waals surface area contributed by atoms with Crippen LogP contribution in [0.15, 0.2) is 18.9 Å². The minimum Gasteiger partial charge on any atom is -0.369 e. The van der Waals surface area contributed by atoms with Gasteiger partial charge in [-0.3, -0.25) is 0 Å². The maximum atomic E-state index is 12.3. The summed E-state index contributed by atoms with van der Waals surface area (Å²) in [7, 11) is -2.15. The third kappa shape index (κ3) is 3.44. The van der Waals surface area contributed by atoms with E-state index in [1.165, 1.54) is 6.33 Å². The number of nitrogens with zero attached hydrogens (tertiary/aromatic N) is 4. The van der Waals surface area contributed by atoms with E-state index in [0.717, 1.165) is 11.2 Å². The van der Waals surface area contributed by atoms with Gasteiger partial charge < -0.3 is 13.9 Å². The number of rotatable bonds is 7. The van der Waals surface area contributed by atoms with Crippen molar-refractivity contribution in [1.29, 1.82) is 0 Å². The molecule has 0 aliphatic rings. The largest absolute Gasteiger partial charge is 0.369 e. The highest BCUT2D eigenvalue weighted by atomic mass is 31.2. The number of imidazole rings is 1. The number of fused-ring (bicyclic) bond motifs is 1. The summed E-state index contributed by atoms with van der Waals surface area (Å²) in [6.45, 7) is 6.53. The van der Waals surface area contributed by atoms with E-state index in [1.54, 1.807) is 12.5 Å².